The molecule has 3 atom stereocenters. The van der Waals surface area contributed by atoms with Crippen molar-refractivity contribution >= 4 is 11.7 Å². The topological polar surface area (TPSA) is 46.2 Å². The number of carbonyl (C=O) groups is 2. The summed E-state index contributed by atoms with van der Waals surface area (Å²) in [4.78, 5) is 23.9. The normalized spacial score (nSPS) is 28.7. The molecule has 104 valence electrons. The minimum atomic E-state index is -0.512. The van der Waals surface area contributed by atoms with Crippen LogP contribution in [0.15, 0.2) is 0 Å². The summed E-state index contributed by atoms with van der Waals surface area (Å²) in [5, 5.41) is 2.80. The summed E-state index contributed by atoms with van der Waals surface area (Å²) in [6, 6.07) is -0.487. The Morgan fingerprint density at radius 1 is 1.44 bits per heavy atom. The van der Waals surface area contributed by atoms with E-state index in [1.54, 1.807) is 13.8 Å². The van der Waals surface area contributed by atoms with Gasteiger partial charge in [-0.25, -0.2) is 0 Å². The second kappa shape index (κ2) is 4.98. The largest absolute Gasteiger partial charge is 0.346 e. The second-order valence-corrected chi connectivity index (χ2v) is 6.67. The van der Waals surface area contributed by atoms with Crippen LogP contribution in [0.25, 0.3) is 0 Å². The number of amides is 1. The standard InChI is InChI=1S/C14H24FNO2/c1-6-10(17)11(13(2,3)4)16-12(18)9-7-14(9,5)8-15/h9,11H,6-8H2,1-5H3,(H,16,18). The van der Waals surface area contributed by atoms with Crippen molar-refractivity contribution in [3.8, 4) is 0 Å². The number of rotatable bonds is 5. The van der Waals surface area contributed by atoms with E-state index in [4.69, 9.17) is 0 Å². The maximum absolute atomic E-state index is 12.7. The quantitative estimate of drug-likeness (QED) is 0.822. The van der Waals surface area contributed by atoms with Gasteiger partial charge in [-0.2, -0.15) is 0 Å². The number of ketones is 1. The Balaban J connectivity index is 2.69. The van der Waals surface area contributed by atoms with Crippen molar-refractivity contribution in [2.75, 3.05) is 6.67 Å². The fraction of sp³-hybridized carbons (Fsp3) is 0.857. The number of Topliss-reactive ketones (excluding diaryl/α,β-unsaturated/α-hetero) is 1. The molecule has 1 N–H and O–H groups in total. The third-order valence-corrected chi connectivity index (χ3v) is 3.80. The van der Waals surface area contributed by atoms with E-state index in [1.165, 1.54) is 0 Å². The number of hydrogen-bond donors (Lipinski definition) is 1. The Morgan fingerprint density at radius 2 is 2.00 bits per heavy atom. The van der Waals surface area contributed by atoms with Crippen LogP contribution in [0, 0.1) is 16.7 Å². The third kappa shape index (κ3) is 3.09. The number of nitrogens with one attached hydrogen (secondary N) is 1. The minimum Gasteiger partial charge on any atom is -0.346 e. The molecule has 4 heteroatoms. The van der Waals surface area contributed by atoms with E-state index >= 15 is 0 Å². The average molecular weight is 257 g/mol. The third-order valence-electron chi connectivity index (χ3n) is 3.80. The van der Waals surface area contributed by atoms with Crippen molar-refractivity contribution < 1.29 is 14.0 Å². The highest BCUT2D eigenvalue weighted by molar-refractivity contribution is 5.91. The summed E-state index contributed by atoms with van der Waals surface area (Å²) in [5.41, 5.74) is -0.828. The Hall–Kier alpha value is -0.930. The van der Waals surface area contributed by atoms with Gasteiger partial charge < -0.3 is 5.32 Å². The lowest BCUT2D eigenvalue weighted by Gasteiger charge is -2.30. The van der Waals surface area contributed by atoms with E-state index in [0.717, 1.165) is 0 Å². The smallest absolute Gasteiger partial charge is 0.224 e. The molecule has 0 saturated heterocycles. The first-order valence-electron chi connectivity index (χ1n) is 6.54. The summed E-state index contributed by atoms with van der Waals surface area (Å²) in [7, 11) is 0. The highest BCUT2D eigenvalue weighted by atomic mass is 19.1. The summed E-state index contributed by atoms with van der Waals surface area (Å²) < 4.78 is 12.7. The van der Waals surface area contributed by atoms with Gasteiger partial charge in [0.05, 0.1) is 12.7 Å². The number of halogens is 1. The molecule has 1 aliphatic rings. The first kappa shape index (κ1) is 15.1. The van der Waals surface area contributed by atoms with E-state index in [2.05, 4.69) is 5.32 Å². The van der Waals surface area contributed by atoms with E-state index in [0.29, 0.717) is 12.8 Å². The molecular weight excluding hydrogens is 233 g/mol. The van der Waals surface area contributed by atoms with Gasteiger partial charge in [0, 0.05) is 17.8 Å². The van der Waals surface area contributed by atoms with E-state index in [-0.39, 0.29) is 23.0 Å². The molecule has 3 nitrogen and oxygen atoms in total. The first-order valence-corrected chi connectivity index (χ1v) is 6.54. The van der Waals surface area contributed by atoms with E-state index in [9.17, 15) is 14.0 Å². The van der Waals surface area contributed by atoms with Crippen molar-refractivity contribution in [2.24, 2.45) is 16.7 Å². The van der Waals surface area contributed by atoms with Gasteiger partial charge in [0.25, 0.3) is 0 Å². The molecule has 3 unspecified atom stereocenters. The monoisotopic (exact) mass is 257 g/mol. The van der Waals surface area contributed by atoms with Crippen LogP contribution in [0.3, 0.4) is 0 Å². The molecule has 1 fully saturated rings. The van der Waals surface area contributed by atoms with Gasteiger partial charge in [0.1, 0.15) is 0 Å². The van der Waals surface area contributed by atoms with Crippen LogP contribution >= 0.6 is 0 Å². The predicted octanol–water partition coefficient (Wildman–Crippen LogP) is 2.49. The molecule has 1 saturated carbocycles. The van der Waals surface area contributed by atoms with Gasteiger partial charge in [0.2, 0.25) is 5.91 Å². The molecule has 0 aromatic heterocycles. The molecule has 1 rings (SSSR count). The average Bonchev–Trinajstić information content (AvgIpc) is 2.96. The highest BCUT2D eigenvalue weighted by Crippen LogP contribution is 2.52. The fourth-order valence-electron chi connectivity index (χ4n) is 2.19. The molecule has 0 aromatic carbocycles. The van der Waals surface area contributed by atoms with Crippen LogP contribution < -0.4 is 5.32 Å². The summed E-state index contributed by atoms with van der Waals surface area (Å²) in [5.74, 6) is -0.438. The molecule has 18 heavy (non-hydrogen) atoms. The van der Waals surface area contributed by atoms with Crippen LogP contribution in [-0.4, -0.2) is 24.4 Å². The lowest BCUT2D eigenvalue weighted by atomic mass is 9.83. The fourth-order valence-corrected chi connectivity index (χ4v) is 2.19. The van der Waals surface area contributed by atoms with Crippen molar-refractivity contribution in [2.45, 2.75) is 53.5 Å². The number of hydrogen-bond acceptors (Lipinski definition) is 2. The Bertz CT molecular complexity index is 348. The van der Waals surface area contributed by atoms with Crippen molar-refractivity contribution in [3.63, 3.8) is 0 Å². The molecular formula is C14H24FNO2. The van der Waals surface area contributed by atoms with Gasteiger partial charge in [0.15, 0.2) is 5.78 Å². The highest BCUT2D eigenvalue weighted by Gasteiger charge is 2.55. The van der Waals surface area contributed by atoms with Gasteiger partial charge in [-0.05, 0) is 11.8 Å². The lowest BCUT2D eigenvalue weighted by molar-refractivity contribution is -0.131. The Morgan fingerprint density at radius 3 is 2.33 bits per heavy atom. The summed E-state index contributed by atoms with van der Waals surface area (Å²) in [6.45, 7) is 8.85. The van der Waals surface area contributed by atoms with Gasteiger partial charge in [-0.3, -0.25) is 14.0 Å². The van der Waals surface area contributed by atoms with E-state index < -0.39 is 18.1 Å². The van der Waals surface area contributed by atoms with Crippen LogP contribution in [0.1, 0.15) is 47.5 Å². The van der Waals surface area contributed by atoms with E-state index in [1.807, 2.05) is 20.8 Å². The summed E-state index contributed by atoms with van der Waals surface area (Å²) >= 11 is 0. The molecule has 0 bridgehead atoms. The molecule has 1 aliphatic carbocycles. The van der Waals surface area contributed by atoms with Gasteiger partial charge >= 0.3 is 0 Å². The summed E-state index contributed by atoms with van der Waals surface area (Å²) in [6.07, 6.45) is 0.972. The second-order valence-electron chi connectivity index (χ2n) is 6.67. The molecule has 0 aromatic rings. The molecule has 0 aliphatic heterocycles. The zero-order chi connectivity index (χ0) is 14.1. The first-order chi connectivity index (χ1) is 8.15. The molecule has 0 spiro atoms. The Kier molecular flexibility index (Phi) is 4.19. The van der Waals surface area contributed by atoms with Gasteiger partial charge in [-0.15, -0.1) is 0 Å². The minimum absolute atomic E-state index is 0.0263. The van der Waals surface area contributed by atoms with Crippen molar-refractivity contribution in [1.29, 1.82) is 0 Å². The van der Waals surface area contributed by atoms with Crippen LogP contribution in [0.2, 0.25) is 0 Å². The zero-order valence-corrected chi connectivity index (χ0v) is 12.0. The van der Waals surface area contributed by atoms with Crippen LogP contribution in [0.4, 0.5) is 4.39 Å². The zero-order valence-electron chi connectivity index (χ0n) is 12.0. The molecule has 0 heterocycles. The molecule has 0 radical (unpaired) electrons. The SMILES string of the molecule is CCC(=O)C(NC(=O)C1CC1(C)CF)C(C)(C)C. The van der Waals surface area contributed by atoms with Crippen molar-refractivity contribution in [3.05, 3.63) is 0 Å². The van der Waals surface area contributed by atoms with Crippen molar-refractivity contribution in [1.82, 2.24) is 5.32 Å². The lowest BCUT2D eigenvalue weighted by Crippen LogP contribution is -2.49. The number of carbonyl (C=O) groups excluding carboxylic acids is 2. The Labute approximate surface area is 109 Å². The van der Waals surface area contributed by atoms with Gasteiger partial charge in [-0.1, -0.05) is 34.6 Å². The number of alkyl halides is 1. The maximum atomic E-state index is 12.7. The molecule has 1 amide bonds. The maximum Gasteiger partial charge on any atom is 0.224 e. The predicted molar refractivity (Wildman–Crippen MR) is 68.9 cm³/mol. The van der Waals surface area contributed by atoms with Crippen LogP contribution in [-0.2, 0) is 9.59 Å². The van der Waals surface area contributed by atoms with Crippen LogP contribution in [0.5, 0.6) is 0 Å².